The summed E-state index contributed by atoms with van der Waals surface area (Å²) < 4.78 is 39.5. The largest absolute Gasteiger partial charge is 0.418 e. The molecular weight excluding hydrogens is 387 g/mol. The lowest BCUT2D eigenvalue weighted by atomic mass is 10.1. The van der Waals surface area contributed by atoms with E-state index < -0.39 is 11.7 Å². The topological polar surface area (TPSA) is 62.7 Å². The third-order valence-corrected chi connectivity index (χ3v) is 4.74. The first-order valence-electron chi connectivity index (χ1n) is 8.71. The van der Waals surface area contributed by atoms with Crippen LogP contribution in [0.4, 0.5) is 30.5 Å². The molecule has 2 heterocycles. The zero-order valence-electron chi connectivity index (χ0n) is 16.3. The number of nitrogens with zero attached hydrogens (tertiary/aromatic N) is 3. The lowest BCUT2D eigenvalue weighted by Crippen LogP contribution is -2.09. The molecule has 0 fully saturated rings. The number of halogens is 3. The third kappa shape index (κ3) is 4.98. The quantitative estimate of drug-likeness (QED) is 0.549. The Bertz CT molecular complexity index is 938. The van der Waals surface area contributed by atoms with Crippen LogP contribution in [0.1, 0.15) is 30.1 Å². The van der Waals surface area contributed by atoms with Gasteiger partial charge in [-0.05, 0) is 38.1 Å². The number of hydrogen-bond acceptors (Lipinski definition) is 6. The summed E-state index contributed by atoms with van der Waals surface area (Å²) >= 11 is 1.51. The maximum Gasteiger partial charge on any atom is 0.418 e. The molecule has 150 valence electrons. The van der Waals surface area contributed by atoms with Gasteiger partial charge in [-0.25, -0.2) is 15.0 Å². The van der Waals surface area contributed by atoms with Gasteiger partial charge in [-0.3, -0.25) is 0 Å². The Balaban J connectivity index is 0.00000136. The molecule has 0 aliphatic heterocycles. The van der Waals surface area contributed by atoms with E-state index in [-0.39, 0.29) is 17.3 Å². The number of alkyl halides is 3. The van der Waals surface area contributed by atoms with Crippen molar-refractivity contribution in [2.24, 2.45) is 0 Å². The Morgan fingerprint density at radius 1 is 1.04 bits per heavy atom. The summed E-state index contributed by atoms with van der Waals surface area (Å²) in [5.74, 6) is 0.221. The van der Waals surface area contributed by atoms with Crippen molar-refractivity contribution in [3.63, 3.8) is 0 Å². The van der Waals surface area contributed by atoms with Crippen LogP contribution in [0.3, 0.4) is 0 Å². The number of aryl methyl sites for hydroxylation is 2. The molecule has 9 heteroatoms. The van der Waals surface area contributed by atoms with Gasteiger partial charge in [-0.2, -0.15) is 13.2 Å². The van der Waals surface area contributed by atoms with E-state index in [1.165, 1.54) is 24.5 Å². The molecule has 0 atom stereocenters. The second-order valence-corrected chi connectivity index (χ2v) is 6.75. The minimum absolute atomic E-state index is 0.00785. The molecule has 5 nitrogen and oxygen atoms in total. The molecule has 0 unspecified atom stereocenters. The van der Waals surface area contributed by atoms with E-state index in [1.807, 2.05) is 27.7 Å². The van der Waals surface area contributed by atoms with Crippen LogP contribution in [-0.4, -0.2) is 22.0 Å². The molecule has 0 bridgehead atoms. The van der Waals surface area contributed by atoms with Crippen LogP contribution in [0, 0.1) is 13.8 Å². The van der Waals surface area contributed by atoms with E-state index in [0.29, 0.717) is 5.69 Å². The first-order chi connectivity index (χ1) is 13.3. The fourth-order valence-corrected chi connectivity index (χ4v) is 3.41. The standard InChI is InChI=1S/C17H16F3N5S.C2H6/c1-9-15(26-10(2)23-9)14-6-7-22-16(25-14)24-11-4-5-13(21-3)12(8-11)17(18,19)20;1-2/h4-8,21H,1-3H3,(H,22,24,25);1-2H3. The maximum atomic E-state index is 13.2. The molecule has 0 aliphatic rings. The van der Waals surface area contributed by atoms with Gasteiger partial charge in [-0.1, -0.05) is 13.8 Å². The minimum Gasteiger partial charge on any atom is -0.388 e. The molecule has 0 radical (unpaired) electrons. The predicted octanol–water partition coefficient (Wildman–Crippen LogP) is 6.05. The zero-order valence-corrected chi connectivity index (χ0v) is 17.1. The molecule has 2 aromatic heterocycles. The van der Waals surface area contributed by atoms with Crippen LogP contribution in [0.15, 0.2) is 30.5 Å². The Labute approximate surface area is 166 Å². The van der Waals surface area contributed by atoms with E-state index in [1.54, 1.807) is 18.3 Å². The van der Waals surface area contributed by atoms with Crippen molar-refractivity contribution in [1.29, 1.82) is 0 Å². The van der Waals surface area contributed by atoms with Gasteiger partial charge in [0.15, 0.2) is 0 Å². The first-order valence-corrected chi connectivity index (χ1v) is 9.53. The molecule has 0 saturated carbocycles. The van der Waals surface area contributed by atoms with E-state index in [2.05, 4.69) is 25.6 Å². The SMILES string of the molecule is CC.CNc1ccc(Nc2nccc(-c3sc(C)nc3C)n2)cc1C(F)(F)F. The second kappa shape index (κ2) is 9.01. The molecule has 3 rings (SSSR count). The van der Waals surface area contributed by atoms with E-state index in [4.69, 9.17) is 0 Å². The van der Waals surface area contributed by atoms with Gasteiger partial charge < -0.3 is 10.6 Å². The highest BCUT2D eigenvalue weighted by atomic mass is 32.1. The Morgan fingerprint density at radius 3 is 2.32 bits per heavy atom. The summed E-state index contributed by atoms with van der Waals surface area (Å²) in [6, 6.07) is 5.69. The van der Waals surface area contributed by atoms with Gasteiger partial charge in [0, 0.05) is 24.6 Å². The Hall–Kier alpha value is -2.68. The average molecular weight is 409 g/mol. The summed E-state index contributed by atoms with van der Waals surface area (Å²) in [7, 11) is 1.45. The monoisotopic (exact) mass is 409 g/mol. The number of nitrogens with one attached hydrogen (secondary N) is 2. The van der Waals surface area contributed by atoms with E-state index >= 15 is 0 Å². The highest BCUT2D eigenvalue weighted by molar-refractivity contribution is 7.15. The molecule has 0 aliphatic carbocycles. The fraction of sp³-hybridized carbons (Fsp3) is 0.316. The second-order valence-electron chi connectivity index (χ2n) is 5.55. The number of benzene rings is 1. The van der Waals surface area contributed by atoms with Crippen molar-refractivity contribution in [2.45, 2.75) is 33.9 Å². The van der Waals surface area contributed by atoms with Crippen molar-refractivity contribution in [3.05, 3.63) is 46.7 Å². The molecule has 3 aromatic rings. The summed E-state index contributed by atoms with van der Waals surface area (Å²) in [5, 5.41) is 6.31. The van der Waals surface area contributed by atoms with Gasteiger partial charge in [0.2, 0.25) is 5.95 Å². The zero-order chi connectivity index (χ0) is 20.9. The smallest absolute Gasteiger partial charge is 0.388 e. The number of aromatic nitrogens is 3. The molecule has 0 amide bonds. The summed E-state index contributed by atoms with van der Waals surface area (Å²) in [5.41, 5.74) is 1.04. The molecule has 28 heavy (non-hydrogen) atoms. The number of hydrogen-bond donors (Lipinski definition) is 2. The summed E-state index contributed by atoms with van der Waals surface area (Å²) in [4.78, 5) is 13.8. The van der Waals surface area contributed by atoms with Crippen LogP contribution in [0.5, 0.6) is 0 Å². The van der Waals surface area contributed by atoms with Crippen molar-refractivity contribution < 1.29 is 13.2 Å². The number of rotatable bonds is 4. The highest BCUT2D eigenvalue weighted by Crippen LogP contribution is 2.37. The summed E-state index contributed by atoms with van der Waals surface area (Å²) in [6.07, 6.45) is -2.90. The van der Waals surface area contributed by atoms with Gasteiger partial charge in [0.25, 0.3) is 0 Å². The van der Waals surface area contributed by atoms with Crippen LogP contribution < -0.4 is 10.6 Å². The van der Waals surface area contributed by atoms with Gasteiger partial charge in [0.1, 0.15) is 0 Å². The lowest BCUT2D eigenvalue weighted by Gasteiger charge is -2.14. The first kappa shape index (κ1) is 21.6. The number of thiazole rings is 1. The number of anilines is 3. The van der Waals surface area contributed by atoms with Crippen molar-refractivity contribution in [1.82, 2.24) is 15.0 Å². The van der Waals surface area contributed by atoms with Crippen LogP contribution >= 0.6 is 11.3 Å². The third-order valence-electron chi connectivity index (χ3n) is 3.64. The predicted molar refractivity (Wildman–Crippen MR) is 108 cm³/mol. The average Bonchev–Trinajstić information content (AvgIpc) is 3.01. The maximum absolute atomic E-state index is 13.2. The highest BCUT2D eigenvalue weighted by Gasteiger charge is 2.33. The minimum atomic E-state index is -4.46. The van der Waals surface area contributed by atoms with Crippen molar-refractivity contribution in [2.75, 3.05) is 17.7 Å². The van der Waals surface area contributed by atoms with Crippen molar-refractivity contribution in [3.8, 4) is 10.6 Å². The van der Waals surface area contributed by atoms with Crippen molar-refractivity contribution >= 4 is 28.7 Å². The van der Waals surface area contributed by atoms with E-state index in [9.17, 15) is 13.2 Å². The fourth-order valence-electron chi connectivity index (χ4n) is 2.52. The Morgan fingerprint density at radius 2 is 1.75 bits per heavy atom. The van der Waals surface area contributed by atoms with Crippen LogP contribution in [0.2, 0.25) is 0 Å². The van der Waals surface area contributed by atoms with Gasteiger partial charge in [-0.15, -0.1) is 11.3 Å². The molecule has 2 N–H and O–H groups in total. The van der Waals surface area contributed by atoms with Crippen LogP contribution in [-0.2, 0) is 6.18 Å². The van der Waals surface area contributed by atoms with Crippen LogP contribution in [0.25, 0.3) is 10.6 Å². The molecule has 1 aromatic carbocycles. The lowest BCUT2D eigenvalue weighted by molar-refractivity contribution is -0.136. The normalized spacial score (nSPS) is 10.9. The molecule has 0 saturated heterocycles. The molecule has 0 spiro atoms. The van der Waals surface area contributed by atoms with Gasteiger partial charge >= 0.3 is 6.18 Å². The van der Waals surface area contributed by atoms with E-state index in [0.717, 1.165) is 21.6 Å². The summed E-state index contributed by atoms with van der Waals surface area (Å²) in [6.45, 7) is 7.80. The Kier molecular flexibility index (Phi) is 6.95. The molecular formula is C19H22F3N5S. The van der Waals surface area contributed by atoms with Gasteiger partial charge in [0.05, 0.1) is 26.8 Å².